The quantitative estimate of drug-likeness (QED) is 0.542. The lowest BCUT2D eigenvalue weighted by Crippen LogP contribution is -2.19. The van der Waals surface area contributed by atoms with E-state index >= 15 is 0 Å². The van der Waals surface area contributed by atoms with Crippen molar-refractivity contribution in [3.63, 3.8) is 0 Å². The third kappa shape index (κ3) is 5.10. The lowest BCUT2D eigenvalue weighted by atomic mass is 10.1. The molecule has 1 aliphatic rings. The number of anilines is 1. The van der Waals surface area contributed by atoms with Gasteiger partial charge in [-0.3, -0.25) is 9.79 Å². The summed E-state index contributed by atoms with van der Waals surface area (Å²) in [5.74, 6) is -0.207. The number of amides is 1. The lowest BCUT2D eigenvalue weighted by Gasteiger charge is -2.08. The number of thioether (sulfide) groups is 1. The predicted molar refractivity (Wildman–Crippen MR) is 112 cm³/mol. The first-order chi connectivity index (χ1) is 13.0. The first-order valence-corrected chi connectivity index (χ1v) is 9.65. The number of hydrazone groups is 1. The number of carbonyl (C=O) groups excluding carboxylic acids is 1. The van der Waals surface area contributed by atoms with E-state index in [0.29, 0.717) is 16.5 Å². The van der Waals surface area contributed by atoms with Gasteiger partial charge in [0.05, 0.1) is 12.3 Å². The maximum atomic E-state index is 12.1. The number of aliphatic imine (C=N–C) groups is 1. The molecule has 6 nitrogen and oxygen atoms in total. The van der Waals surface area contributed by atoms with E-state index in [-0.39, 0.29) is 11.7 Å². The number of amidine groups is 1. The van der Waals surface area contributed by atoms with Gasteiger partial charge in [-0.15, -0.1) is 0 Å². The van der Waals surface area contributed by atoms with Gasteiger partial charge in [-0.1, -0.05) is 30.8 Å². The minimum atomic E-state index is -0.325. The zero-order valence-electron chi connectivity index (χ0n) is 15.3. The van der Waals surface area contributed by atoms with Crippen molar-refractivity contribution in [2.24, 2.45) is 10.1 Å². The fraction of sp³-hybridized carbons (Fsp3) is 0.250. The van der Waals surface area contributed by atoms with Gasteiger partial charge in [0.2, 0.25) is 0 Å². The second-order valence-corrected chi connectivity index (χ2v) is 7.47. The van der Waals surface area contributed by atoms with Crippen LogP contribution in [0.25, 0.3) is 0 Å². The largest absolute Gasteiger partial charge is 0.508 e. The van der Waals surface area contributed by atoms with Crippen molar-refractivity contribution in [2.75, 3.05) is 11.9 Å². The van der Waals surface area contributed by atoms with E-state index in [9.17, 15) is 9.90 Å². The molecule has 3 N–H and O–H groups in total. The van der Waals surface area contributed by atoms with Gasteiger partial charge in [-0.25, -0.2) is 5.43 Å². The Bertz CT molecular complexity index is 861. The number of carbonyl (C=O) groups is 1. The standard InChI is InChI=1S/C20H22N4O2S/c1-3-18-12-21-20(27-18)22-16-8-4-14(5-9-16)13(2)23-24-19(26)15-6-10-17(25)11-7-15/h4-11,18,25H,3,12H2,1-2H3,(H,21,22)(H,24,26)/b23-13-/t18-/m1/s1. The molecule has 0 saturated heterocycles. The third-order valence-corrected chi connectivity index (χ3v) is 5.45. The molecule has 3 rings (SSSR count). The first kappa shape index (κ1) is 19.0. The third-order valence-electron chi connectivity index (χ3n) is 4.18. The number of nitrogens with zero attached hydrogens (tertiary/aromatic N) is 2. The van der Waals surface area contributed by atoms with Crippen molar-refractivity contribution in [3.8, 4) is 5.75 Å². The number of phenolic OH excluding ortho intramolecular Hbond substituents is 1. The predicted octanol–water partition coefficient (Wildman–Crippen LogP) is 3.84. The maximum absolute atomic E-state index is 12.1. The molecular formula is C20H22N4O2S. The summed E-state index contributed by atoms with van der Waals surface area (Å²) >= 11 is 1.78. The van der Waals surface area contributed by atoms with Crippen molar-refractivity contribution in [2.45, 2.75) is 25.5 Å². The number of hydrogen-bond donors (Lipinski definition) is 3. The molecule has 1 heterocycles. The number of hydrogen-bond acceptors (Lipinski definition) is 6. The van der Waals surface area contributed by atoms with E-state index in [2.05, 4.69) is 27.8 Å². The van der Waals surface area contributed by atoms with Crippen molar-refractivity contribution in [3.05, 3.63) is 59.7 Å². The van der Waals surface area contributed by atoms with Gasteiger partial charge >= 0.3 is 0 Å². The normalized spacial score (nSPS) is 16.7. The molecule has 0 aromatic heterocycles. The highest BCUT2D eigenvalue weighted by molar-refractivity contribution is 8.15. The molecule has 2 aromatic rings. The molecular weight excluding hydrogens is 360 g/mol. The van der Waals surface area contributed by atoms with E-state index in [1.165, 1.54) is 12.1 Å². The van der Waals surface area contributed by atoms with Gasteiger partial charge in [0.15, 0.2) is 5.17 Å². The van der Waals surface area contributed by atoms with Crippen molar-refractivity contribution < 1.29 is 9.90 Å². The number of aromatic hydroxyl groups is 1. The van der Waals surface area contributed by atoms with Crippen LogP contribution in [0.3, 0.4) is 0 Å². The molecule has 0 bridgehead atoms. The molecule has 2 aromatic carbocycles. The molecule has 0 spiro atoms. The van der Waals surface area contributed by atoms with Crippen LogP contribution in [-0.4, -0.2) is 33.7 Å². The summed E-state index contributed by atoms with van der Waals surface area (Å²) in [6.07, 6.45) is 1.11. The Kier molecular flexibility index (Phi) is 6.13. The van der Waals surface area contributed by atoms with Crippen LogP contribution in [0.4, 0.5) is 5.69 Å². The minimum Gasteiger partial charge on any atom is -0.508 e. The molecule has 1 atom stereocenters. The molecule has 1 amide bonds. The summed E-state index contributed by atoms with van der Waals surface area (Å²) in [6.45, 7) is 4.88. The molecule has 27 heavy (non-hydrogen) atoms. The second-order valence-electron chi connectivity index (χ2n) is 6.18. The van der Waals surface area contributed by atoms with Crippen molar-refractivity contribution in [1.29, 1.82) is 0 Å². The van der Waals surface area contributed by atoms with Crippen molar-refractivity contribution in [1.82, 2.24) is 5.43 Å². The molecule has 1 aliphatic heterocycles. The Morgan fingerprint density at radius 2 is 1.85 bits per heavy atom. The number of benzene rings is 2. The van der Waals surface area contributed by atoms with E-state index < -0.39 is 0 Å². The number of phenols is 1. The molecule has 0 aliphatic carbocycles. The zero-order chi connectivity index (χ0) is 19.2. The SMILES string of the molecule is CC[C@@H]1CN=C(Nc2ccc(/C(C)=N\NC(=O)c3ccc(O)cc3)cc2)S1. The topological polar surface area (TPSA) is 86.1 Å². The van der Waals surface area contributed by atoms with Crippen LogP contribution >= 0.6 is 11.8 Å². The van der Waals surface area contributed by atoms with Gasteiger partial charge in [0.1, 0.15) is 5.75 Å². The average molecular weight is 382 g/mol. The van der Waals surface area contributed by atoms with Gasteiger partial charge < -0.3 is 10.4 Å². The fourth-order valence-corrected chi connectivity index (χ4v) is 3.45. The number of nitrogens with one attached hydrogen (secondary N) is 2. The second kappa shape index (κ2) is 8.73. The summed E-state index contributed by atoms with van der Waals surface area (Å²) in [7, 11) is 0. The lowest BCUT2D eigenvalue weighted by molar-refractivity contribution is 0.0955. The first-order valence-electron chi connectivity index (χ1n) is 8.77. The zero-order valence-corrected chi connectivity index (χ0v) is 16.1. The highest BCUT2D eigenvalue weighted by atomic mass is 32.2. The number of rotatable bonds is 5. The van der Waals surface area contributed by atoms with Gasteiger partial charge in [0, 0.05) is 16.5 Å². The smallest absolute Gasteiger partial charge is 0.271 e. The Labute approximate surface area is 162 Å². The van der Waals surface area contributed by atoms with Crippen LogP contribution in [0.15, 0.2) is 58.6 Å². The molecule has 0 unspecified atom stereocenters. The van der Waals surface area contributed by atoms with Gasteiger partial charge in [0.25, 0.3) is 5.91 Å². The molecule has 0 fully saturated rings. The summed E-state index contributed by atoms with van der Waals surface area (Å²) in [4.78, 5) is 16.6. The molecule has 140 valence electrons. The van der Waals surface area contributed by atoms with E-state index in [0.717, 1.165) is 29.4 Å². The van der Waals surface area contributed by atoms with Crippen molar-refractivity contribution >= 4 is 34.2 Å². The van der Waals surface area contributed by atoms with Crippen LogP contribution in [0.5, 0.6) is 5.75 Å². The summed E-state index contributed by atoms with van der Waals surface area (Å²) in [5.41, 5.74) is 5.56. The highest BCUT2D eigenvalue weighted by Gasteiger charge is 2.17. The molecule has 0 saturated carbocycles. The van der Waals surface area contributed by atoms with E-state index in [4.69, 9.17) is 0 Å². The summed E-state index contributed by atoms with van der Waals surface area (Å²) in [5, 5.41) is 18.3. The fourth-order valence-electron chi connectivity index (χ4n) is 2.49. The Hall–Kier alpha value is -2.80. The Morgan fingerprint density at radius 1 is 1.19 bits per heavy atom. The van der Waals surface area contributed by atoms with Gasteiger partial charge in [-0.2, -0.15) is 5.10 Å². The average Bonchev–Trinajstić information content (AvgIpc) is 3.14. The van der Waals surface area contributed by atoms with E-state index in [1.807, 2.05) is 31.2 Å². The molecule has 7 heteroatoms. The highest BCUT2D eigenvalue weighted by Crippen LogP contribution is 2.24. The van der Waals surface area contributed by atoms with Crippen LogP contribution in [0.2, 0.25) is 0 Å². The Morgan fingerprint density at radius 3 is 2.48 bits per heavy atom. The summed E-state index contributed by atoms with van der Waals surface area (Å²) < 4.78 is 0. The van der Waals surface area contributed by atoms with Crippen LogP contribution in [0.1, 0.15) is 36.2 Å². The van der Waals surface area contributed by atoms with Gasteiger partial charge in [-0.05, 0) is 55.3 Å². The van der Waals surface area contributed by atoms with E-state index in [1.54, 1.807) is 23.9 Å². The maximum Gasteiger partial charge on any atom is 0.271 e. The molecule has 0 radical (unpaired) electrons. The van der Waals surface area contributed by atoms with Crippen LogP contribution < -0.4 is 10.7 Å². The van der Waals surface area contributed by atoms with Crippen LogP contribution in [-0.2, 0) is 0 Å². The minimum absolute atomic E-state index is 0.118. The Balaban J connectivity index is 1.58. The monoisotopic (exact) mass is 382 g/mol. The van der Waals surface area contributed by atoms with Crippen LogP contribution in [0, 0.1) is 0 Å². The summed E-state index contributed by atoms with van der Waals surface area (Å²) in [6, 6.07) is 13.9.